The first kappa shape index (κ1) is 74.1. The highest BCUT2D eigenvalue weighted by Crippen LogP contribution is 2.45. The topological polar surface area (TPSA) is 237 Å². The third-order valence-corrected chi connectivity index (χ3v) is 15.2. The van der Waals surface area contributed by atoms with Crippen molar-refractivity contribution < 1.29 is 80.2 Å². The van der Waals surface area contributed by atoms with Crippen LogP contribution >= 0.6 is 15.6 Å². The highest BCUT2D eigenvalue weighted by atomic mass is 31.2. The van der Waals surface area contributed by atoms with E-state index >= 15 is 0 Å². The van der Waals surface area contributed by atoms with Crippen LogP contribution < -0.4 is 0 Å². The van der Waals surface area contributed by atoms with Gasteiger partial charge in [0.05, 0.1) is 26.4 Å². The summed E-state index contributed by atoms with van der Waals surface area (Å²) in [5, 5.41) is 10.5. The second-order valence-corrected chi connectivity index (χ2v) is 24.3. The van der Waals surface area contributed by atoms with Gasteiger partial charge in [0.15, 0.2) is 12.2 Å². The third kappa shape index (κ3) is 50.3. The molecule has 0 aromatic heterocycles. The van der Waals surface area contributed by atoms with Crippen molar-refractivity contribution in [3.05, 3.63) is 0 Å². The maximum atomic E-state index is 12.9. The van der Waals surface area contributed by atoms with Gasteiger partial charge in [-0.25, -0.2) is 9.13 Å². The molecule has 3 N–H and O–H groups in total. The minimum Gasteiger partial charge on any atom is -0.462 e. The maximum absolute atomic E-state index is 12.9. The van der Waals surface area contributed by atoms with E-state index in [1.165, 1.54) is 70.6 Å². The Morgan fingerprint density at radius 1 is 0.382 bits per heavy atom. The SMILES string of the molecule is CCCCCCCCCCC(=O)OC[C@H](COP(=O)(O)OC[C@H](O)COP(=O)(O)OC[C@@H](COC(=O)CCCCCCCCC(C)CC)OC(=O)CCCCCCCCCC(C)C)OC(=O)CCCCCCCCCC. The van der Waals surface area contributed by atoms with E-state index in [1.807, 2.05) is 0 Å². The van der Waals surface area contributed by atoms with Gasteiger partial charge in [0.1, 0.15) is 19.3 Å². The molecule has 19 heteroatoms. The molecule has 0 aliphatic rings. The molecular weight excluding hydrogens is 1020 g/mol. The molecule has 0 amide bonds. The molecule has 0 radical (unpaired) electrons. The Morgan fingerprint density at radius 3 is 1.00 bits per heavy atom. The van der Waals surface area contributed by atoms with E-state index in [0.29, 0.717) is 31.6 Å². The van der Waals surface area contributed by atoms with Crippen LogP contribution in [0.5, 0.6) is 0 Å². The van der Waals surface area contributed by atoms with Crippen molar-refractivity contribution in [2.45, 2.75) is 291 Å². The van der Waals surface area contributed by atoms with Crippen LogP contribution in [0.3, 0.4) is 0 Å². The fourth-order valence-corrected chi connectivity index (χ4v) is 9.84. The highest BCUT2D eigenvalue weighted by Gasteiger charge is 2.30. The van der Waals surface area contributed by atoms with Gasteiger partial charge < -0.3 is 33.8 Å². The smallest absolute Gasteiger partial charge is 0.462 e. The molecule has 0 saturated carbocycles. The van der Waals surface area contributed by atoms with Gasteiger partial charge in [-0.2, -0.15) is 0 Å². The molecule has 0 aliphatic carbocycles. The zero-order valence-electron chi connectivity index (χ0n) is 48.5. The number of phosphoric ester groups is 2. The van der Waals surface area contributed by atoms with E-state index < -0.39 is 97.5 Å². The first-order valence-corrected chi connectivity index (χ1v) is 33.0. The van der Waals surface area contributed by atoms with Crippen LogP contribution in [0.4, 0.5) is 0 Å². The second-order valence-electron chi connectivity index (χ2n) is 21.4. The number of carbonyl (C=O) groups is 4. The van der Waals surface area contributed by atoms with Crippen molar-refractivity contribution >= 4 is 39.5 Å². The molecule has 450 valence electrons. The number of ether oxygens (including phenoxy) is 4. The number of rotatable bonds is 56. The number of unbranched alkanes of at least 4 members (excludes halogenated alkanes) is 25. The van der Waals surface area contributed by atoms with E-state index in [2.05, 4.69) is 41.5 Å². The fraction of sp³-hybridized carbons (Fsp3) is 0.930. The summed E-state index contributed by atoms with van der Waals surface area (Å²) in [7, 11) is -9.87. The number of aliphatic hydroxyl groups excluding tert-OH is 1. The fourth-order valence-electron chi connectivity index (χ4n) is 8.26. The Balaban J connectivity index is 5.22. The molecular formula is C57H110O17P2. The lowest BCUT2D eigenvalue weighted by molar-refractivity contribution is -0.161. The number of hydrogen-bond donors (Lipinski definition) is 3. The van der Waals surface area contributed by atoms with Crippen LogP contribution in [0.1, 0.15) is 273 Å². The summed E-state index contributed by atoms with van der Waals surface area (Å²) in [5.74, 6) is -0.725. The zero-order valence-corrected chi connectivity index (χ0v) is 50.3. The third-order valence-electron chi connectivity index (χ3n) is 13.3. The zero-order chi connectivity index (χ0) is 56.6. The minimum atomic E-state index is -4.94. The van der Waals surface area contributed by atoms with E-state index in [-0.39, 0.29) is 25.7 Å². The van der Waals surface area contributed by atoms with Crippen LogP contribution in [-0.2, 0) is 65.4 Å². The molecule has 0 rings (SSSR count). The van der Waals surface area contributed by atoms with Gasteiger partial charge in [0.2, 0.25) is 0 Å². The summed E-state index contributed by atoms with van der Waals surface area (Å²) in [6, 6.07) is 0. The van der Waals surface area contributed by atoms with Crippen LogP contribution in [-0.4, -0.2) is 96.7 Å². The quantitative estimate of drug-likeness (QED) is 0.0222. The lowest BCUT2D eigenvalue weighted by Crippen LogP contribution is -2.30. The van der Waals surface area contributed by atoms with E-state index in [0.717, 1.165) is 115 Å². The van der Waals surface area contributed by atoms with E-state index in [1.54, 1.807) is 0 Å². The lowest BCUT2D eigenvalue weighted by Gasteiger charge is -2.21. The number of esters is 4. The summed E-state index contributed by atoms with van der Waals surface area (Å²) in [5.41, 5.74) is 0. The monoisotopic (exact) mass is 1130 g/mol. The Hall–Kier alpha value is -1.94. The van der Waals surface area contributed by atoms with Gasteiger partial charge in [-0.15, -0.1) is 0 Å². The maximum Gasteiger partial charge on any atom is 0.472 e. The predicted molar refractivity (Wildman–Crippen MR) is 298 cm³/mol. The van der Waals surface area contributed by atoms with Gasteiger partial charge in [0, 0.05) is 25.7 Å². The molecule has 76 heavy (non-hydrogen) atoms. The van der Waals surface area contributed by atoms with Gasteiger partial charge in [-0.05, 0) is 37.5 Å². The lowest BCUT2D eigenvalue weighted by atomic mass is 10.00. The molecule has 0 heterocycles. The van der Waals surface area contributed by atoms with Crippen LogP contribution in [0.15, 0.2) is 0 Å². The van der Waals surface area contributed by atoms with Crippen LogP contribution in [0.2, 0.25) is 0 Å². The molecule has 0 spiro atoms. The van der Waals surface area contributed by atoms with Gasteiger partial charge >= 0.3 is 39.5 Å². The molecule has 0 fully saturated rings. The van der Waals surface area contributed by atoms with Crippen molar-refractivity contribution in [3.63, 3.8) is 0 Å². The number of phosphoric acid groups is 2. The molecule has 0 bridgehead atoms. The molecule has 0 aromatic rings. The molecule has 0 saturated heterocycles. The normalized spacial score (nSPS) is 14.9. The van der Waals surface area contributed by atoms with Gasteiger partial charge in [-0.1, -0.05) is 221 Å². The molecule has 3 unspecified atom stereocenters. The van der Waals surface area contributed by atoms with Crippen LogP contribution in [0.25, 0.3) is 0 Å². The largest absolute Gasteiger partial charge is 0.472 e. The molecule has 0 aliphatic heterocycles. The summed E-state index contributed by atoms with van der Waals surface area (Å²) < 4.78 is 67.5. The van der Waals surface area contributed by atoms with Crippen molar-refractivity contribution in [2.75, 3.05) is 39.6 Å². The van der Waals surface area contributed by atoms with Crippen molar-refractivity contribution in [3.8, 4) is 0 Å². The number of carbonyl (C=O) groups excluding carboxylic acids is 4. The van der Waals surface area contributed by atoms with Gasteiger partial charge in [-0.3, -0.25) is 37.3 Å². The van der Waals surface area contributed by atoms with Gasteiger partial charge in [0.25, 0.3) is 0 Å². The highest BCUT2D eigenvalue weighted by molar-refractivity contribution is 7.47. The average molecular weight is 1130 g/mol. The first-order chi connectivity index (χ1) is 36.4. The molecule has 6 atom stereocenters. The first-order valence-electron chi connectivity index (χ1n) is 30.0. The second kappa shape index (κ2) is 50.1. The summed E-state index contributed by atoms with van der Waals surface area (Å²) >= 11 is 0. The Kier molecular flexibility index (Phi) is 48.8. The summed E-state index contributed by atoms with van der Waals surface area (Å²) in [6.45, 7) is 9.27. The Labute approximate surface area is 460 Å². The van der Waals surface area contributed by atoms with E-state index in [9.17, 15) is 43.2 Å². The van der Waals surface area contributed by atoms with Crippen molar-refractivity contribution in [1.29, 1.82) is 0 Å². The van der Waals surface area contributed by atoms with Crippen LogP contribution in [0, 0.1) is 11.8 Å². The standard InChI is InChI=1S/C57H110O17P2/c1-7-10-12-14-16-20-27-33-39-54(59)67-45-52(73-56(61)41-35-29-21-17-15-13-11-8-2)47-71-75(63,64)69-43-51(58)44-70-76(65,66)72-48-53(74-57(62)42-36-30-22-18-19-25-31-37-49(4)5)46-68-55(60)40-34-28-24-23-26-32-38-50(6)9-3/h49-53,58H,7-48H2,1-6H3,(H,63,64)(H,65,66)/t50?,51-,52+,53+/m0/s1. The number of aliphatic hydroxyl groups is 1. The summed E-state index contributed by atoms with van der Waals surface area (Å²) in [4.78, 5) is 71.7. The minimum absolute atomic E-state index is 0.102. The predicted octanol–water partition coefficient (Wildman–Crippen LogP) is 14.9. The van der Waals surface area contributed by atoms with Crippen molar-refractivity contribution in [1.82, 2.24) is 0 Å². The molecule has 17 nitrogen and oxygen atoms in total. The average Bonchev–Trinajstić information content (AvgIpc) is 3.38. The summed E-state index contributed by atoms with van der Waals surface area (Å²) in [6.07, 6.45) is 29.6. The van der Waals surface area contributed by atoms with E-state index in [4.69, 9.17) is 37.0 Å². The molecule has 0 aromatic carbocycles. The Morgan fingerprint density at radius 2 is 0.671 bits per heavy atom. The number of hydrogen-bond acceptors (Lipinski definition) is 15. The Bertz CT molecular complexity index is 1520. The van der Waals surface area contributed by atoms with Crippen molar-refractivity contribution in [2.24, 2.45) is 11.8 Å².